The molecule has 3 heterocycles. The van der Waals surface area contributed by atoms with Gasteiger partial charge in [0.2, 0.25) is 0 Å². The molecule has 47 heavy (non-hydrogen) atoms. The quantitative estimate of drug-likeness (QED) is 0.147. The van der Waals surface area contributed by atoms with Gasteiger partial charge in [-0.15, -0.1) is 0 Å². The van der Waals surface area contributed by atoms with Crippen LogP contribution in [0.15, 0.2) is 72.2 Å². The lowest BCUT2D eigenvalue weighted by molar-refractivity contribution is -0.677. The molecule has 2 aliphatic rings. The summed E-state index contributed by atoms with van der Waals surface area (Å²) in [5.41, 5.74) is -5.65. The van der Waals surface area contributed by atoms with Gasteiger partial charge >= 0.3 is 5.51 Å². The van der Waals surface area contributed by atoms with E-state index in [0.717, 1.165) is 5.01 Å². The lowest BCUT2D eigenvalue weighted by Crippen LogP contribution is -2.68. The normalized spacial score (nSPS) is 23.6. The number of rotatable bonds is 7. The van der Waals surface area contributed by atoms with Gasteiger partial charge in [0.1, 0.15) is 25.4 Å². The Hall–Kier alpha value is -2.21. The van der Waals surface area contributed by atoms with Crippen LogP contribution in [-0.4, -0.2) is 63.3 Å². The first-order valence-electron chi connectivity index (χ1n) is 15.0. The fourth-order valence-electron chi connectivity index (χ4n) is 5.97. The number of thiazole rings is 1. The molecule has 3 aromatic rings. The summed E-state index contributed by atoms with van der Waals surface area (Å²) in [6.45, 7) is 15.2. The van der Waals surface area contributed by atoms with Crippen LogP contribution in [0.2, 0.25) is 5.04 Å². The highest BCUT2D eigenvalue weighted by Crippen LogP contribution is 2.46. The zero-order chi connectivity index (χ0) is 35.1. The van der Waals surface area contributed by atoms with Gasteiger partial charge in [0.15, 0.2) is 34.0 Å². The maximum absolute atomic E-state index is 10.7. The summed E-state index contributed by atoms with van der Waals surface area (Å²) in [6.07, 6.45) is 0.624. The van der Waals surface area contributed by atoms with E-state index < -0.39 is 47.7 Å². The summed E-state index contributed by atoms with van der Waals surface area (Å²) in [5.74, 6) is -1.47. The average molecular weight is 718 g/mol. The van der Waals surface area contributed by atoms with Crippen LogP contribution in [0, 0.1) is 0 Å². The lowest BCUT2D eigenvalue weighted by atomic mass is 10.0. The van der Waals surface area contributed by atoms with Gasteiger partial charge in [0, 0.05) is 0 Å². The molecule has 0 bridgehead atoms. The molecule has 0 unspecified atom stereocenters. The van der Waals surface area contributed by atoms with E-state index in [2.05, 4.69) is 105 Å². The van der Waals surface area contributed by atoms with Crippen molar-refractivity contribution in [3.8, 4) is 0 Å². The molecule has 0 amide bonds. The first-order chi connectivity index (χ1) is 21.6. The van der Waals surface area contributed by atoms with Crippen LogP contribution in [0.3, 0.4) is 0 Å². The Morgan fingerprint density at radius 1 is 0.936 bits per heavy atom. The molecular formula is C32H42F3NO8S2Si. The number of halogens is 3. The number of hydrogen-bond acceptors (Lipinski definition) is 9. The molecule has 2 aromatic carbocycles. The third-order valence-corrected chi connectivity index (χ3v) is 14.5. The number of benzene rings is 2. The van der Waals surface area contributed by atoms with Crippen molar-refractivity contribution >= 4 is 40.1 Å². The Kier molecular flexibility index (Phi) is 10.9. The molecule has 9 nitrogen and oxygen atoms in total. The molecule has 260 valence electrons. The van der Waals surface area contributed by atoms with Crippen LogP contribution in [0.5, 0.6) is 0 Å². The Bertz CT molecular complexity index is 1560. The van der Waals surface area contributed by atoms with Crippen LogP contribution in [0.1, 0.15) is 59.6 Å². The van der Waals surface area contributed by atoms with Crippen LogP contribution in [0.25, 0.3) is 0 Å². The highest BCUT2D eigenvalue weighted by Gasteiger charge is 2.59. The predicted molar refractivity (Wildman–Crippen MR) is 171 cm³/mol. The van der Waals surface area contributed by atoms with Gasteiger partial charge in [0.05, 0.1) is 12.0 Å². The summed E-state index contributed by atoms with van der Waals surface area (Å²) in [5, 5.41) is 5.44. The van der Waals surface area contributed by atoms with Gasteiger partial charge in [-0.2, -0.15) is 17.7 Å². The maximum atomic E-state index is 10.7. The monoisotopic (exact) mass is 717 g/mol. The van der Waals surface area contributed by atoms with Crippen LogP contribution in [0.4, 0.5) is 13.2 Å². The van der Waals surface area contributed by atoms with E-state index in [1.165, 1.54) is 10.4 Å². The molecule has 2 aliphatic heterocycles. The van der Waals surface area contributed by atoms with Crippen molar-refractivity contribution in [3.63, 3.8) is 0 Å². The molecule has 4 atom stereocenters. The van der Waals surface area contributed by atoms with E-state index >= 15 is 0 Å². The smallest absolute Gasteiger partial charge is 0.485 e. The standard InChI is InChI=1S/C31H42NO5SSi.CHF3O3S/c1-29(2,3)39(22-15-11-9-12-16-22,23-17-13-10-14-18-23)37-27(28-32(8)19-20-38-28)26-25(35-31(6,7)36-26)24-21-33-30(4,5)34-24;2-1(3,4)8(5,6)7/h9-20,24-27H,21H2,1-8H3;(H,5,6,7)/q+1;/p-1/t24-,25+,26-,27-;/m0./s1. The van der Waals surface area contributed by atoms with E-state index in [4.69, 9.17) is 36.3 Å². The van der Waals surface area contributed by atoms with E-state index in [9.17, 15) is 13.2 Å². The Labute approximate surface area is 279 Å². The topological polar surface area (TPSA) is 107 Å². The van der Waals surface area contributed by atoms with Gasteiger partial charge < -0.3 is 27.9 Å². The Morgan fingerprint density at radius 3 is 1.83 bits per heavy atom. The van der Waals surface area contributed by atoms with Crippen LogP contribution < -0.4 is 14.9 Å². The van der Waals surface area contributed by atoms with Crippen molar-refractivity contribution < 1.29 is 54.1 Å². The average Bonchev–Trinajstić information content (AvgIpc) is 3.64. The van der Waals surface area contributed by atoms with Crippen molar-refractivity contribution in [2.75, 3.05) is 6.61 Å². The molecule has 1 aromatic heterocycles. The van der Waals surface area contributed by atoms with Gasteiger partial charge in [-0.05, 0) is 43.1 Å². The molecule has 0 aliphatic carbocycles. The molecule has 0 spiro atoms. The molecule has 0 saturated carbocycles. The third-order valence-electron chi connectivity index (χ3n) is 7.93. The minimum absolute atomic E-state index is 0.191. The number of hydrogen-bond donors (Lipinski definition) is 0. The second kappa shape index (κ2) is 13.6. The molecule has 15 heteroatoms. The highest BCUT2D eigenvalue weighted by molar-refractivity contribution is 7.86. The molecule has 0 radical (unpaired) electrons. The fourth-order valence-corrected chi connectivity index (χ4v) is 11.6. The van der Waals surface area contributed by atoms with Crippen molar-refractivity contribution in [2.24, 2.45) is 7.05 Å². The second-order valence-electron chi connectivity index (χ2n) is 13.4. The van der Waals surface area contributed by atoms with Gasteiger partial charge in [-0.25, -0.2) is 8.42 Å². The number of aromatic nitrogens is 1. The van der Waals surface area contributed by atoms with Crippen LogP contribution in [-0.2, 0) is 40.5 Å². The summed E-state index contributed by atoms with van der Waals surface area (Å²) in [6, 6.07) is 21.5. The van der Waals surface area contributed by atoms with E-state index in [1.807, 2.05) is 27.7 Å². The minimum atomic E-state index is -6.09. The summed E-state index contributed by atoms with van der Waals surface area (Å²) < 4.78 is 94.4. The largest absolute Gasteiger partial charge is 0.741 e. The zero-order valence-corrected chi connectivity index (χ0v) is 30.2. The summed E-state index contributed by atoms with van der Waals surface area (Å²) in [4.78, 5) is 0. The Morgan fingerprint density at radius 2 is 1.45 bits per heavy atom. The van der Waals surface area contributed by atoms with Crippen molar-refractivity contribution in [1.29, 1.82) is 0 Å². The van der Waals surface area contributed by atoms with E-state index in [1.54, 1.807) is 11.3 Å². The molecule has 2 fully saturated rings. The predicted octanol–water partition coefficient (Wildman–Crippen LogP) is 4.91. The number of nitrogens with zero attached hydrogens (tertiary/aromatic N) is 1. The molecule has 5 rings (SSSR count). The van der Waals surface area contributed by atoms with Crippen molar-refractivity contribution in [3.05, 3.63) is 77.2 Å². The second-order valence-corrected chi connectivity index (χ2v) is 19.9. The van der Waals surface area contributed by atoms with Gasteiger partial charge in [-0.1, -0.05) is 92.8 Å². The van der Waals surface area contributed by atoms with Gasteiger partial charge in [0.25, 0.3) is 13.3 Å². The zero-order valence-electron chi connectivity index (χ0n) is 27.6. The highest BCUT2D eigenvalue weighted by atomic mass is 32.2. The molecule has 0 N–H and O–H groups in total. The molecule has 2 saturated heterocycles. The van der Waals surface area contributed by atoms with Gasteiger partial charge in [-0.3, -0.25) is 0 Å². The Balaban J connectivity index is 0.000000555. The third kappa shape index (κ3) is 8.33. The lowest BCUT2D eigenvalue weighted by Gasteiger charge is -2.45. The maximum Gasteiger partial charge on any atom is 0.485 e. The van der Waals surface area contributed by atoms with E-state index in [-0.39, 0.29) is 17.2 Å². The minimum Gasteiger partial charge on any atom is -0.741 e. The van der Waals surface area contributed by atoms with Crippen LogP contribution >= 0.6 is 11.3 Å². The molecular weight excluding hydrogens is 676 g/mol. The first-order valence-corrected chi connectivity index (χ1v) is 19.2. The van der Waals surface area contributed by atoms with Crippen molar-refractivity contribution in [1.82, 2.24) is 0 Å². The first kappa shape index (κ1) is 37.6. The number of ether oxygens (including phenoxy) is 4. The SMILES string of the molecule is C[n+]1ccsc1[C@@H](O[Si](c1ccccc1)(c1ccccc1)C(C)(C)C)[C@H]1OC(C)(C)O[C@@H]1[C@@H]1COC(C)(C)O1.O=S(=O)([O-])C(F)(F)F. The fraction of sp³-hybridized carbons (Fsp3) is 0.531. The number of aryl methyl sites for hydroxylation is 1. The van der Waals surface area contributed by atoms with Crippen molar-refractivity contribution in [2.45, 2.75) is 95.0 Å². The van der Waals surface area contributed by atoms with E-state index in [0.29, 0.717) is 6.61 Å². The summed E-state index contributed by atoms with van der Waals surface area (Å²) >= 11 is 1.68. The number of alkyl halides is 3. The summed E-state index contributed by atoms with van der Waals surface area (Å²) in [7, 11) is -6.94.